The van der Waals surface area contributed by atoms with Gasteiger partial charge in [0, 0.05) is 32.2 Å². The number of hydrogen-bond acceptors (Lipinski definition) is 2. The third-order valence-electron chi connectivity index (χ3n) is 3.93. The highest BCUT2D eigenvalue weighted by atomic mass is 127. The van der Waals surface area contributed by atoms with Crippen molar-refractivity contribution in [1.29, 1.82) is 0 Å². The average molecular weight is 430 g/mol. The number of nitrogens with zero attached hydrogens (tertiary/aromatic N) is 2. The number of guanidine groups is 1. The standard InChI is InChI=1S/C17H26N4O.HI/c1-13-4-3-11-21(12-13)17(18)19-10-9-15-5-7-16(8-6-15)20-14(2)22;/h5-8,13H,3-4,9-12H2,1-2H3,(H2,18,19)(H,20,22);1H. The maximum absolute atomic E-state index is 11.0. The Balaban J connectivity index is 0.00000264. The number of hydrogen-bond donors (Lipinski definition) is 2. The third-order valence-corrected chi connectivity index (χ3v) is 3.93. The van der Waals surface area contributed by atoms with Crippen molar-refractivity contribution in [3.05, 3.63) is 29.8 Å². The number of benzene rings is 1. The fraction of sp³-hybridized carbons (Fsp3) is 0.529. The van der Waals surface area contributed by atoms with Gasteiger partial charge in [-0.1, -0.05) is 19.1 Å². The van der Waals surface area contributed by atoms with Crippen LogP contribution in [0, 0.1) is 5.92 Å². The van der Waals surface area contributed by atoms with E-state index < -0.39 is 0 Å². The molecule has 3 N–H and O–H groups in total. The number of amides is 1. The van der Waals surface area contributed by atoms with E-state index in [0.717, 1.165) is 25.2 Å². The molecule has 1 fully saturated rings. The lowest BCUT2D eigenvalue weighted by molar-refractivity contribution is -0.114. The highest BCUT2D eigenvalue weighted by Gasteiger charge is 2.17. The smallest absolute Gasteiger partial charge is 0.221 e. The number of halogens is 1. The zero-order valence-corrected chi connectivity index (χ0v) is 16.2. The van der Waals surface area contributed by atoms with Crippen LogP contribution in [0.25, 0.3) is 0 Å². The molecule has 0 bridgehead atoms. The number of rotatable bonds is 4. The van der Waals surface area contributed by atoms with Crippen LogP contribution in [0.2, 0.25) is 0 Å². The molecule has 23 heavy (non-hydrogen) atoms. The lowest BCUT2D eigenvalue weighted by atomic mass is 10.0. The number of nitrogens with two attached hydrogens (primary N) is 1. The van der Waals surface area contributed by atoms with Gasteiger partial charge in [0.15, 0.2) is 5.96 Å². The Morgan fingerprint density at radius 2 is 2.09 bits per heavy atom. The molecule has 1 aromatic rings. The van der Waals surface area contributed by atoms with E-state index in [1.807, 2.05) is 24.3 Å². The molecule has 5 nitrogen and oxygen atoms in total. The fourth-order valence-corrected chi connectivity index (χ4v) is 2.76. The molecule has 1 amide bonds. The fourth-order valence-electron chi connectivity index (χ4n) is 2.76. The SMILES string of the molecule is CC(=O)Nc1ccc(CCN=C(N)N2CCCC(C)C2)cc1.I. The second-order valence-corrected chi connectivity index (χ2v) is 6.06. The molecule has 2 rings (SSSR count). The molecule has 6 heteroatoms. The summed E-state index contributed by atoms with van der Waals surface area (Å²) in [5.74, 6) is 1.31. The van der Waals surface area contributed by atoms with Gasteiger partial charge in [0.1, 0.15) is 0 Å². The summed E-state index contributed by atoms with van der Waals surface area (Å²) >= 11 is 0. The summed E-state index contributed by atoms with van der Waals surface area (Å²) < 4.78 is 0. The molecule has 0 spiro atoms. The predicted octanol–water partition coefficient (Wildman–Crippen LogP) is 2.85. The summed E-state index contributed by atoms with van der Waals surface area (Å²) in [5.41, 5.74) is 8.10. The largest absolute Gasteiger partial charge is 0.370 e. The Hall–Kier alpha value is -1.31. The molecule has 1 aliphatic rings. The Labute approximate surface area is 155 Å². The van der Waals surface area contributed by atoms with Gasteiger partial charge in [-0.15, -0.1) is 24.0 Å². The normalized spacial score (nSPS) is 18.3. The van der Waals surface area contributed by atoms with Gasteiger partial charge in [-0.3, -0.25) is 9.79 Å². The van der Waals surface area contributed by atoms with Crippen molar-refractivity contribution in [1.82, 2.24) is 4.90 Å². The van der Waals surface area contributed by atoms with E-state index in [1.54, 1.807) is 0 Å². The lowest BCUT2D eigenvalue weighted by Crippen LogP contribution is -2.43. The van der Waals surface area contributed by atoms with Crippen molar-refractivity contribution in [3.8, 4) is 0 Å². The highest BCUT2D eigenvalue weighted by Crippen LogP contribution is 2.15. The van der Waals surface area contributed by atoms with Crippen LogP contribution in [-0.2, 0) is 11.2 Å². The van der Waals surface area contributed by atoms with Crippen LogP contribution in [0.5, 0.6) is 0 Å². The van der Waals surface area contributed by atoms with E-state index in [0.29, 0.717) is 18.4 Å². The van der Waals surface area contributed by atoms with E-state index in [1.165, 1.54) is 25.3 Å². The zero-order chi connectivity index (χ0) is 15.9. The number of likely N-dealkylation sites (tertiary alicyclic amines) is 1. The van der Waals surface area contributed by atoms with Gasteiger partial charge in [0.25, 0.3) is 0 Å². The Kier molecular flexibility index (Phi) is 8.36. The maximum Gasteiger partial charge on any atom is 0.221 e. The maximum atomic E-state index is 11.0. The van der Waals surface area contributed by atoms with Gasteiger partial charge >= 0.3 is 0 Å². The van der Waals surface area contributed by atoms with Crippen LogP contribution in [0.1, 0.15) is 32.3 Å². The summed E-state index contributed by atoms with van der Waals surface area (Å²) in [6, 6.07) is 7.85. The first kappa shape index (κ1) is 19.7. The first-order valence-electron chi connectivity index (χ1n) is 7.96. The molecular formula is C17H27IN4O. The molecule has 128 valence electrons. The van der Waals surface area contributed by atoms with Crippen molar-refractivity contribution < 1.29 is 4.79 Å². The van der Waals surface area contributed by atoms with Crippen molar-refractivity contribution in [2.75, 3.05) is 25.0 Å². The van der Waals surface area contributed by atoms with Gasteiger partial charge in [-0.2, -0.15) is 0 Å². The molecule has 1 aromatic carbocycles. The molecule has 1 unspecified atom stereocenters. The van der Waals surface area contributed by atoms with Crippen LogP contribution in [0.4, 0.5) is 5.69 Å². The molecule has 1 aliphatic heterocycles. The molecule has 1 heterocycles. The highest BCUT2D eigenvalue weighted by molar-refractivity contribution is 14.0. The molecule has 0 radical (unpaired) electrons. The molecule has 1 atom stereocenters. The Morgan fingerprint density at radius 3 is 2.70 bits per heavy atom. The number of carbonyl (C=O) groups excluding carboxylic acids is 1. The number of piperidine rings is 1. The second kappa shape index (κ2) is 9.75. The lowest BCUT2D eigenvalue weighted by Gasteiger charge is -2.31. The number of aliphatic imine (C=N–C) groups is 1. The van der Waals surface area contributed by atoms with Crippen molar-refractivity contribution in [2.24, 2.45) is 16.6 Å². The molecular weight excluding hydrogens is 403 g/mol. The van der Waals surface area contributed by atoms with E-state index >= 15 is 0 Å². The first-order valence-corrected chi connectivity index (χ1v) is 7.96. The van der Waals surface area contributed by atoms with E-state index in [-0.39, 0.29) is 29.9 Å². The van der Waals surface area contributed by atoms with Crippen LogP contribution in [0.3, 0.4) is 0 Å². The quantitative estimate of drug-likeness (QED) is 0.439. The summed E-state index contributed by atoms with van der Waals surface area (Å²) in [4.78, 5) is 17.7. The molecule has 1 saturated heterocycles. The predicted molar refractivity (Wildman–Crippen MR) is 106 cm³/mol. The third kappa shape index (κ3) is 6.76. The molecule has 0 saturated carbocycles. The van der Waals surface area contributed by atoms with Crippen molar-refractivity contribution >= 4 is 41.5 Å². The molecule has 0 aromatic heterocycles. The number of carbonyl (C=O) groups is 1. The Bertz CT molecular complexity index is 530. The first-order chi connectivity index (χ1) is 10.5. The summed E-state index contributed by atoms with van der Waals surface area (Å²) in [6.45, 7) is 6.49. The van der Waals surface area contributed by atoms with E-state index in [4.69, 9.17) is 5.73 Å². The summed E-state index contributed by atoms with van der Waals surface area (Å²) in [7, 11) is 0. The van der Waals surface area contributed by atoms with Crippen LogP contribution in [-0.4, -0.2) is 36.4 Å². The Morgan fingerprint density at radius 1 is 1.39 bits per heavy atom. The minimum atomic E-state index is -0.0547. The summed E-state index contributed by atoms with van der Waals surface area (Å²) in [5, 5.41) is 2.76. The average Bonchev–Trinajstić information content (AvgIpc) is 2.48. The van der Waals surface area contributed by atoms with E-state index in [2.05, 4.69) is 22.1 Å². The van der Waals surface area contributed by atoms with Gasteiger partial charge in [0.2, 0.25) is 5.91 Å². The van der Waals surface area contributed by atoms with Crippen molar-refractivity contribution in [2.45, 2.75) is 33.1 Å². The minimum absolute atomic E-state index is 0. The monoisotopic (exact) mass is 430 g/mol. The van der Waals surface area contributed by atoms with Crippen LogP contribution >= 0.6 is 24.0 Å². The van der Waals surface area contributed by atoms with Crippen molar-refractivity contribution in [3.63, 3.8) is 0 Å². The van der Waals surface area contributed by atoms with Crippen LogP contribution < -0.4 is 11.1 Å². The van der Waals surface area contributed by atoms with Crippen LogP contribution in [0.15, 0.2) is 29.3 Å². The zero-order valence-electron chi connectivity index (χ0n) is 13.9. The second-order valence-electron chi connectivity index (χ2n) is 6.06. The number of anilines is 1. The van der Waals surface area contributed by atoms with Gasteiger partial charge in [-0.25, -0.2) is 0 Å². The minimum Gasteiger partial charge on any atom is -0.370 e. The molecule has 0 aliphatic carbocycles. The van der Waals surface area contributed by atoms with Gasteiger partial charge in [0.05, 0.1) is 0 Å². The summed E-state index contributed by atoms with van der Waals surface area (Å²) in [6.07, 6.45) is 3.33. The van der Waals surface area contributed by atoms with Gasteiger partial charge < -0.3 is 16.0 Å². The number of nitrogens with one attached hydrogen (secondary N) is 1. The topological polar surface area (TPSA) is 70.7 Å². The van der Waals surface area contributed by atoms with E-state index in [9.17, 15) is 4.79 Å². The van der Waals surface area contributed by atoms with Gasteiger partial charge in [-0.05, 0) is 42.9 Å².